The van der Waals surface area contributed by atoms with Gasteiger partial charge < -0.3 is 19.9 Å². The van der Waals surface area contributed by atoms with Crippen LogP contribution in [0.1, 0.15) is 27.2 Å². The lowest BCUT2D eigenvalue weighted by atomic mass is 9.99. The van der Waals surface area contributed by atoms with Gasteiger partial charge in [-0.2, -0.15) is 0 Å². The summed E-state index contributed by atoms with van der Waals surface area (Å²) in [6.07, 6.45) is 0.626. The lowest BCUT2D eigenvalue weighted by molar-refractivity contribution is -0.156. The van der Waals surface area contributed by atoms with E-state index in [-0.39, 0.29) is 12.3 Å². The Kier molecular flexibility index (Phi) is 9.00. The van der Waals surface area contributed by atoms with E-state index in [4.69, 9.17) is 19.9 Å². The van der Waals surface area contributed by atoms with E-state index in [1.807, 2.05) is 13.8 Å². The molecule has 0 aromatic carbocycles. The number of ether oxygens (including phenoxy) is 3. The van der Waals surface area contributed by atoms with Crippen molar-refractivity contribution in [3.8, 4) is 0 Å². The van der Waals surface area contributed by atoms with Gasteiger partial charge in [-0.3, -0.25) is 0 Å². The zero-order valence-electron chi connectivity index (χ0n) is 10.4. The lowest BCUT2D eigenvalue weighted by Gasteiger charge is -2.28. The maximum absolute atomic E-state index is 6.07. The van der Waals surface area contributed by atoms with Gasteiger partial charge in [0, 0.05) is 26.9 Å². The monoisotopic (exact) mass is 219 g/mol. The SMILES string of the molecule is CCOC(OCC)C(N)C(C)CCOC. The summed E-state index contributed by atoms with van der Waals surface area (Å²) >= 11 is 0. The molecule has 0 aliphatic rings. The van der Waals surface area contributed by atoms with Crippen LogP contribution in [0.4, 0.5) is 0 Å². The van der Waals surface area contributed by atoms with Crippen LogP contribution in [0.25, 0.3) is 0 Å². The van der Waals surface area contributed by atoms with Crippen LogP contribution in [-0.2, 0) is 14.2 Å². The Balaban J connectivity index is 4.02. The third kappa shape index (κ3) is 6.10. The van der Waals surface area contributed by atoms with E-state index in [2.05, 4.69) is 6.92 Å². The number of rotatable bonds is 9. The van der Waals surface area contributed by atoms with Crippen molar-refractivity contribution in [3.05, 3.63) is 0 Å². The molecule has 0 spiro atoms. The lowest BCUT2D eigenvalue weighted by Crippen LogP contribution is -2.44. The Labute approximate surface area is 93.1 Å². The molecule has 15 heavy (non-hydrogen) atoms. The summed E-state index contributed by atoms with van der Waals surface area (Å²) in [5.41, 5.74) is 6.07. The fraction of sp³-hybridized carbons (Fsp3) is 1.00. The molecule has 0 heterocycles. The Bertz CT molecular complexity index is 138. The molecule has 0 saturated carbocycles. The van der Waals surface area contributed by atoms with E-state index in [1.54, 1.807) is 7.11 Å². The fourth-order valence-corrected chi connectivity index (χ4v) is 1.36. The first-order valence-electron chi connectivity index (χ1n) is 5.65. The van der Waals surface area contributed by atoms with Crippen LogP contribution >= 0.6 is 0 Å². The van der Waals surface area contributed by atoms with Crippen LogP contribution in [0.3, 0.4) is 0 Å². The molecule has 0 aliphatic carbocycles. The summed E-state index contributed by atoms with van der Waals surface area (Å²) in [4.78, 5) is 0. The predicted molar refractivity (Wildman–Crippen MR) is 60.7 cm³/mol. The normalized spacial score (nSPS) is 15.6. The highest BCUT2D eigenvalue weighted by molar-refractivity contribution is 4.73. The van der Waals surface area contributed by atoms with Crippen molar-refractivity contribution >= 4 is 0 Å². The van der Waals surface area contributed by atoms with E-state index in [1.165, 1.54) is 0 Å². The Morgan fingerprint density at radius 1 is 1.13 bits per heavy atom. The standard InChI is InChI=1S/C11H25NO3/c1-5-14-11(15-6-2)10(12)9(3)7-8-13-4/h9-11H,5-8,12H2,1-4H3. The minimum absolute atomic E-state index is 0.0972. The van der Waals surface area contributed by atoms with Gasteiger partial charge in [-0.05, 0) is 26.2 Å². The van der Waals surface area contributed by atoms with E-state index in [0.29, 0.717) is 19.1 Å². The maximum Gasteiger partial charge on any atom is 0.172 e. The first-order chi connectivity index (χ1) is 7.17. The molecule has 0 aromatic rings. The second kappa shape index (κ2) is 9.09. The second-order valence-corrected chi connectivity index (χ2v) is 3.62. The molecule has 92 valence electrons. The van der Waals surface area contributed by atoms with Crippen molar-refractivity contribution < 1.29 is 14.2 Å². The van der Waals surface area contributed by atoms with Gasteiger partial charge in [0.1, 0.15) is 0 Å². The Hall–Kier alpha value is -0.160. The highest BCUT2D eigenvalue weighted by Gasteiger charge is 2.23. The van der Waals surface area contributed by atoms with E-state index < -0.39 is 0 Å². The summed E-state index contributed by atoms with van der Waals surface area (Å²) in [6, 6.07) is -0.0972. The molecule has 4 heteroatoms. The van der Waals surface area contributed by atoms with Crippen LogP contribution in [0.5, 0.6) is 0 Å². The van der Waals surface area contributed by atoms with Gasteiger partial charge >= 0.3 is 0 Å². The number of hydrogen-bond donors (Lipinski definition) is 1. The fourth-order valence-electron chi connectivity index (χ4n) is 1.36. The average Bonchev–Trinajstić information content (AvgIpc) is 2.24. The van der Waals surface area contributed by atoms with Gasteiger partial charge in [0.15, 0.2) is 6.29 Å². The Morgan fingerprint density at radius 2 is 1.67 bits per heavy atom. The Morgan fingerprint density at radius 3 is 2.07 bits per heavy atom. The average molecular weight is 219 g/mol. The largest absolute Gasteiger partial charge is 0.385 e. The molecule has 0 aromatic heterocycles. The molecule has 4 nitrogen and oxygen atoms in total. The molecule has 0 aliphatic heterocycles. The molecule has 0 radical (unpaired) electrons. The topological polar surface area (TPSA) is 53.7 Å². The minimum Gasteiger partial charge on any atom is -0.385 e. The highest BCUT2D eigenvalue weighted by atomic mass is 16.7. The zero-order valence-corrected chi connectivity index (χ0v) is 10.4. The van der Waals surface area contributed by atoms with Gasteiger partial charge in [0.05, 0.1) is 6.04 Å². The highest BCUT2D eigenvalue weighted by Crippen LogP contribution is 2.13. The van der Waals surface area contributed by atoms with E-state index >= 15 is 0 Å². The molecule has 0 fully saturated rings. The third-order valence-electron chi connectivity index (χ3n) is 2.41. The van der Waals surface area contributed by atoms with Crippen LogP contribution in [0, 0.1) is 5.92 Å². The molecular formula is C11H25NO3. The summed E-state index contributed by atoms with van der Waals surface area (Å²) in [5.74, 6) is 0.327. The molecule has 0 saturated heterocycles. The van der Waals surface area contributed by atoms with Crippen molar-refractivity contribution in [3.63, 3.8) is 0 Å². The summed E-state index contributed by atoms with van der Waals surface area (Å²) < 4.78 is 15.9. The summed E-state index contributed by atoms with van der Waals surface area (Å²) in [5, 5.41) is 0. The first-order valence-corrected chi connectivity index (χ1v) is 5.65. The zero-order chi connectivity index (χ0) is 11.7. The van der Waals surface area contributed by atoms with Gasteiger partial charge in [0.25, 0.3) is 0 Å². The van der Waals surface area contributed by atoms with E-state index in [9.17, 15) is 0 Å². The number of nitrogens with two attached hydrogens (primary N) is 1. The van der Waals surface area contributed by atoms with Gasteiger partial charge in [0.2, 0.25) is 0 Å². The molecule has 2 unspecified atom stereocenters. The van der Waals surface area contributed by atoms with Crippen LogP contribution < -0.4 is 5.73 Å². The quantitative estimate of drug-likeness (QED) is 0.595. The maximum atomic E-state index is 6.07. The summed E-state index contributed by atoms with van der Waals surface area (Å²) in [6.45, 7) is 7.94. The van der Waals surface area contributed by atoms with Crippen LogP contribution in [-0.4, -0.2) is 39.3 Å². The predicted octanol–water partition coefficient (Wildman–Crippen LogP) is 1.39. The number of methoxy groups -OCH3 is 1. The van der Waals surface area contributed by atoms with Crippen LogP contribution in [0.2, 0.25) is 0 Å². The van der Waals surface area contributed by atoms with Crippen LogP contribution in [0.15, 0.2) is 0 Å². The smallest absolute Gasteiger partial charge is 0.172 e. The third-order valence-corrected chi connectivity index (χ3v) is 2.41. The van der Waals surface area contributed by atoms with Gasteiger partial charge in [-0.25, -0.2) is 0 Å². The van der Waals surface area contributed by atoms with Crippen molar-refractivity contribution in [2.45, 2.75) is 39.5 Å². The number of hydrogen-bond acceptors (Lipinski definition) is 4. The molecule has 2 N–H and O–H groups in total. The van der Waals surface area contributed by atoms with Crippen molar-refractivity contribution in [2.75, 3.05) is 26.9 Å². The van der Waals surface area contributed by atoms with E-state index in [0.717, 1.165) is 13.0 Å². The second-order valence-electron chi connectivity index (χ2n) is 3.62. The van der Waals surface area contributed by atoms with Gasteiger partial charge in [-0.1, -0.05) is 6.92 Å². The molecule has 0 amide bonds. The molecule has 0 bridgehead atoms. The molecule has 2 atom stereocenters. The van der Waals surface area contributed by atoms with Crippen molar-refractivity contribution in [1.29, 1.82) is 0 Å². The van der Waals surface area contributed by atoms with Gasteiger partial charge in [-0.15, -0.1) is 0 Å². The molecular weight excluding hydrogens is 194 g/mol. The van der Waals surface area contributed by atoms with Crippen molar-refractivity contribution in [1.82, 2.24) is 0 Å². The summed E-state index contributed by atoms with van der Waals surface area (Å²) in [7, 11) is 1.70. The minimum atomic E-state index is -0.299. The molecule has 0 rings (SSSR count). The van der Waals surface area contributed by atoms with Crippen molar-refractivity contribution in [2.24, 2.45) is 11.7 Å². The first kappa shape index (κ1) is 14.8.